The SMILES string of the molecule is O=S(=O)(NCc1ccccc1CN1CCOCC1)c1cccc(OC(F)(F)F)c1. The summed E-state index contributed by atoms with van der Waals surface area (Å²) in [5.41, 5.74) is 1.77. The number of hydrogen-bond acceptors (Lipinski definition) is 5. The number of alkyl halides is 3. The number of morpholine rings is 1. The number of nitrogens with zero attached hydrogens (tertiary/aromatic N) is 1. The number of sulfonamides is 1. The average Bonchev–Trinajstić information content (AvgIpc) is 2.67. The molecule has 158 valence electrons. The van der Waals surface area contributed by atoms with E-state index in [0.29, 0.717) is 19.8 Å². The molecule has 0 radical (unpaired) electrons. The first-order chi connectivity index (χ1) is 13.7. The normalized spacial score (nSPS) is 16.0. The maximum Gasteiger partial charge on any atom is 0.573 e. The summed E-state index contributed by atoms with van der Waals surface area (Å²) in [6.45, 7) is 3.59. The second-order valence-electron chi connectivity index (χ2n) is 6.50. The van der Waals surface area contributed by atoms with Crippen molar-refractivity contribution in [2.75, 3.05) is 26.3 Å². The van der Waals surface area contributed by atoms with Crippen molar-refractivity contribution in [1.82, 2.24) is 9.62 Å². The largest absolute Gasteiger partial charge is 0.573 e. The highest BCUT2D eigenvalue weighted by Gasteiger charge is 2.31. The molecular weight excluding hydrogens is 409 g/mol. The molecule has 1 aliphatic heterocycles. The van der Waals surface area contributed by atoms with E-state index in [4.69, 9.17) is 4.74 Å². The Morgan fingerprint density at radius 2 is 1.72 bits per heavy atom. The summed E-state index contributed by atoms with van der Waals surface area (Å²) in [6.07, 6.45) is -4.89. The molecule has 2 aromatic rings. The lowest BCUT2D eigenvalue weighted by atomic mass is 10.1. The minimum atomic E-state index is -4.89. The van der Waals surface area contributed by atoms with E-state index >= 15 is 0 Å². The van der Waals surface area contributed by atoms with Gasteiger partial charge >= 0.3 is 6.36 Å². The number of hydrogen-bond donors (Lipinski definition) is 1. The third-order valence-corrected chi connectivity index (χ3v) is 5.82. The highest BCUT2D eigenvalue weighted by Crippen LogP contribution is 2.25. The zero-order valence-corrected chi connectivity index (χ0v) is 16.3. The van der Waals surface area contributed by atoms with Gasteiger partial charge in [-0.2, -0.15) is 0 Å². The molecule has 0 amide bonds. The predicted octanol–water partition coefficient (Wildman–Crippen LogP) is 2.90. The number of halogens is 3. The Balaban J connectivity index is 1.70. The van der Waals surface area contributed by atoms with Crippen LogP contribution < -0.4 is 9.46 Å². The van der Waals surface area contributed by atoms with Gasteiger partial charge < -0.3 is 9.47 Å². The zero-order chi connectivity index (χ0) is 20.9. The molecule has 1 N–H and O–H groups in total. The molecule has 2 aromatic carbocycles. The number of ether oxygens (including phenoxy) is 2. The molecule has 1 heterocycles. The average molecular weight is 430 g/mol. The van der Waals surface area contributed by atoms with Gasteiger partial charge in [0.2, 0.25) is 10.0 Å². The van der Waals surface area contributed by atoms with Crippen LogP contribution in [0.2, 0.25) is 0 Å². The standard InChI is InChI=1S/C19H21F3N2O4S/c20-19(21,22)28-17-6-3-7-18(12-17)29(25,26)23-13-15-4-1-2-5-16(15)14-24-8-10-27-11-9-24/h1-7,12,23H,8-11,13-14H2. The van der Waals surface area contributed by atoms with Gasteiger partial charge in [-0.25, -0.2) is 13.1 Å². The van der Waals surface area contributed by atoms with Crippen LogP contribution in [0.4, 0.5) is 13.2 Å². The van der Waals surface area contributed by atoms with Gasteiger partial charge in [0.1, 0.15) is 5.75 Å². The van der Waals surface area contributed by atoms with Crippen LogP contribution in [-0.2, 0) is 27.8 Å². The minimum Gasteiger partial charge on any atom is -0.406 e. The molecule has 0 saturated carbocycles. The van der Waals surface area contributed by atoms with Crippen molar-refractivity contribution in [3.05, 3.63) is 59.7 Å². The van der Waals surface area contributed by atoms with E-state index in [1.165, 1.54) is 12.1 Å². The topological polar surface area (TPSA) is 67.9 Å². The number of rotatable bonds is 7. The molecule has 6 nitrogen and oxygen atoms in total. The van der Waals surface area contributed by atoms with Gasteiger partial charge in [0.15, 0.2) is 0 Å². The summed E-state index contributed by atoms with van der Waals surface area (Å²) in [7, 11) is -4.02. The van der Waals surface area contributed by atoms with Crippen molar-refractivity contribution in [3.8, 4) is 5.75 Å². The first kappa shape index (κ1) is 21.6. The van der Waals surface area contributed by atoms with Gasteiger partial charge in [-0.05, 0) is 23.3 Å². The van der Waals surface area contributed by atoms with Crippen molar-refractivity contribution < 1.29 is 31.1 Å². The first-order valence-corrected chi connectivity index (χ1v) is 10.4. The summed E-state index contributed by atoms with van der Waals surface area (Å²) in [6, 6.07) is 11.7. The fraction of sp³-hybridized carbons (Fsp3) is 0.368. The molecule has 10 heteroatoms. The van der Waals surface area contributed by atoms with Crippen LogP contribution in [0, 0.1) is 0 Å². The van der Waals surface area contributed by atoms with E-state index in [1.54, 1.807) is 0 Å². The highest BCUT2D eigenvalue weighted by molar-refractivity contribution is 7.89. The Morgan fingerprint density at radius 1 is 1.03 bits per heavy atom. The van der Waals surface area contributed by atoms with Crippen LogP contribution in [0.5, 0.6) is 5.75 Å². The fourth-order valence-corrected chi connectivity index (χ4v) is 4.02. The molecule has 29 heavy (non-hydrogen) atoms. The summed E-state index contributed by atoms with van der Waals surface area (Å²) in [5.74, 6) is -0.590. The molecule has 3 rings (SSSR count). The summed E-state index contributed by atoms with van der Waals surface area (Å²) in [4.78, 5) is 1.92. The smallest absolute Gasteiger partial charge is 0.406 e. The van der Waals surface area contributed by atoms with Gasteiger partial charge in [-0.3, -0.25) is 4.90 Å². The van der Waals surface area contributed by atoms with Crippen LogP contribution in [0.15, 0.2) is 53.4 Å². The second-order valence-corrected chi connectivity index (χ2v) is 8.27. The van der Waals surface area contributed by atoms with Gasteiger partial charge in [0, 0.05) is 32.2 Å². The summed E-state index contributed by atoms with van der Waals surface area (Å²) in [5, 5.41) is 0. The molecule has 0 aromatic heterocycles. The minimum absolute atomic E-state index is 0.0210. The molecule has 1 fully saturated rings. The summed E-state index contributed by atoms with van der Waals surface area (Å²) >= 11 is 0. The van der Waals surface area contributed by atoms with E-state index in [-0.39, 0.29) is 11.4 Å². The van der Waals surface area contributed by atoms with E-state index < -0.39 is 22.1 Å². The van der Waals surface area contributed by atoms with Crippen molar-refractivity contribution in [1.29, 1.82) is 0 Å². The van der Waals surface area contributed by atoms with Gasteiger partial charge in [-0.15, -0.1) is 13.2 Å². The second kappa shape index (κ2) is 9.12. The Morgan fingerprint density at radius 3 is 2.41 bits per heavy atom. The van der Waals surface area contributed by atoms with Crippen molar-refractivity contribution in [3.63, 3.8) is 0 Å². The third kappa shape index (κ3) is 6.43. The fourth-order valence-electron chi connectivity index (χ4n) is 2.98. The molecule has 0 bridgehead atoms. The third-order valence-electron chi connectivity index (χ3n) is 4.42. The molecule has 0 unspecified atom stereocenters. The van der Waals surface area contributed by atoms with E-state index in [9.17, 15) is 21.6 Å². The van der Waals surface area contributed by atoms with Gasteiger partial charge in [0.25, 0.3) is 0 Å². The number of benzene rings is 2. The lowest BCUT2D eigenvalue weighted by Gasteiger charge is -2.27. The number of nitrogens with one attached hydrogen (secondary N) is 1. The van der Waals surface area contributed by atoms with Gasteiger partial charge in [-0.1, -0.05) is 30.3 Å². The quantitative estimate of drug-likeness (QED) is 0.732. The molecule has 0 atom stereocenters. The van der Waals surface area contributed by atoms with Crippen molar-refractivity contribution >= 4 is 10.0 Å². The maximum atomic E-state index is 12.5. The Labute approximate surface area is 167 Å². The van der Waals surface area contributed by atoms with Gasteiger partial charge in [0.05, 0.1) is 18.1 Å². The monoisotopic (exact) mass is 430 g/mol. The van der Waals surface area contributed by atoms with E-state index in [2.05, 4.69) is 14.4 Å². The Bertz CT molecular complexity index is 929. The Hall–Kier alpha value is -2.14. The highest BCUT2D eigenvalue weighted by atomic mass is 32.2. The van der Waals surface area contributed by atoms with Crippen molar-refractivity contribution in [2.24, 2.45) is 0 Å². The lowest BCUT2D eigenvalue weighted by molar-refractivity contribution is -0.274. The first-order valence-electron chi connectivity index (χ1n) is 8.95. The van der Waals surface area contributed by atoms with Crippen LogP contribution in [0.3, 0.4) is 0 Å². The molecule has 1 saturated heterocycles. The van der Waals surface area contributed by atoms with Crippen LogP contribution in [0.25, 0.3) is 0 Å². The Kier molecular flexibility index (Phi) is 6.78. The predicted molar refractivity (Wildman–Crippen MR) is 99.7 cm³/mol. The summed E-state index contributed by atoms with van der Waals surface area (Å²) < 4.78 is 73.8. The maximum absolute atomic E-state index is 12.5. The molecule has 0 spiro atoms. The van der Waals surface area contributed by atoms with E-state index in [0.717, 1.165) is 36.3 Å². The van der Waals surface area contributed by atoms with Crippen LogP contribution >= 0.6 is 0 Å². The molecular formula is C19H21F3N2O4S. The molecule has 1 aliphatic rings. The van der Waals surface area contributed by atoms with Crippen LogP contribution in [-0.4, -0.2) is 46.0 Å². The van der Waals surface area contributed by atoms with Crippen molar-refractivity contribution in [2.45, 2.75) is 24.3 Å². The van der Waals surface area contributed by atoms with Crippen LogP contribution in [0.1, 0.15) is 11.1 Å². The lowest BCUT2D eigenvalue weighted by Crippen LogP contribution is -2.36. The van der Waals surface area contributed by atoms with E-state index in [1.807, 2.05) is 24.3 Å². The molecule has 0 aliphatic carbocycles. The zero-order valence-electron chi connectivity index (χ0n) is 15.5.